The minimum atomic E-state index is -3.30. The molecule has 0 saturated heterocycles. The lowest BCUT2D eigenvalue weighted by molar-refractivity contribution is -0.385. The van der Waals surface area contributed by atoms with Crippen molar-refractivity contribution >= 4 is 23.5 Å². The van der Waals surface area contributed by atoms with Crippen LogP contribution in [0.2, 0.25) is 0 Å². The van der Waals surface area contributed by atoms with Gasteiger partial charge in [-0.15, -0.1) is 0 Å². The summed E-state index contributed by atoms with van der Waals surface area (Å²) in [5.41, 5.74) is 1.17. The van der Waals surface area contributed by atoms with Crippen LogP contribution in [0.3, 0.4) is 0 Å². The molecule has 9 heteroatoms. The second-order valence-electron chi connectivity index (χ2n) is 5.07. The summed E-state index contributed by atoms with van der Waals surface area (Å²) in [5, 5.41) is 11.2. The number of rotatable bonds is 7. The fraction of sp³-hybridized carbons (Fsp3) is 0.538. The van der Waals surface area contributed by atoms with Crippen molar-refractivity contribution in [2.75, 3.05) is 6.61 Å². The maximum absolute atomic E-state index is 11.2. The second kappa shape index (κ2) is 8.08. The van der Waals surface area contributed by atoms with Crippen LogP contribution in [0.25, 0.3) is 0 Å². The smallest absolute Gasteiger partial charge is 0.346 e. The lowest BCUT2D eigenvalue weighted by Crippen LogP contribution is -2.19. The van der Waals surface area contributed by atoms with Crippen LogP contribution in [0.4, 0.5) is 5.69 Å². The van der Waals surface area contributed by atoms with E-state index in [1.54, 1.807) is 26.8 Å². The molecule has 1 unspecified atom stereocenters. The summed E-state index contributed by atoms with van der Waals surface area (Å²) in [5.74, 6) is 0.0536. The Morgan fingerprint density at radius 3 is 2.59 bits per heavy atom. The first-order valence-corrected chi connectivity index (χ1v) is 10.1. The van der Waals surface area contributed by atoms with E-state index >= 15 is 0 Å². The second-order valence-corrected chi connectivity index (χ2v) is 9.07. The minimum Gasteiger partial charge on any atom is -0.420 e. The Labute approximate surface area is 134 Å². The van der Waals surface area contributed by atoms with Gasteiger partial charge in [-0.05, 0) is 45.7 Å². The molecule has 0 aliphatic heterocycles. The fourth-order valence-corrected chi connectivity index (χ4v) is 5.09. The number of thiol groups is 1. The van der Waals surface area contributed by atoms with E-state index in [1.807, 2.05) is 13.8 Å². The van der Waals surface area contributed by atoms with Crippen LogP contribution in [0.15, 0.2) is 12.1 Å². The van der Waals surface area contributed by atoms with Crippen LogP contribution < -0.4 is 9.25 Å². The number of nitrogens with zero attached hydrogens (tertiary/aromatic N) is 1. The fourth-order valence-electron chi connectivity index (χ4n) is 1.74. The predicted molar refractivity (Wildman–Crippen MR) is 91.0 cm³/mol. The molecular formula is C13H23N2O5PS. The van der Waals surface area contributed by atoms with Crippen molar-refractivity contribution < 1.29 is 18.9 Å². The van der Waals surface area contributed by atoms with Crippen LogP contribution in [0, 0.1) is 24.0 Å². The van der Waals surface area contributed by atoms with Crippen molar-refractivity contribution in [1.29, 1.82) is 0 Å². The number of aryl methyl sites for hydroxylation is 2. The molecule has 7 nitrogen and oxygen atoms in total. The first-order valence-electron chi connectivity index (χ1n) is 6.88. The average Bonchev–Trinajstić information content (AvgIpc) is 2.39. The first-order chi connectivity index (χ1) is 10.2. The molecule has 0 aromatic heterocycles. The zero-order valence-electron chi connectivity index (χ0n) is 13.4. The molecule has 0 aliphatic rings. The Morgan fingerprint density at radius 2 is 2.09 bits per heavy atom. The summed E-state index contributed by atoms with van der Waals surface area (Å²) >= 11 is 0.378. The van der Waals surface area contributed by atoms with Gasteiger partial charge in [-0.25, -0.2) is 0 Å². The first kappa shape index (κ1) is 19.1. The lowest BCUT2D eigenvalue weighted by atomic mass is 10.1. The highest BCUT2D eigenvalue weighted by Gasteiger charge is 2.26. The highest BCUT2D eigenvalue weighted by molar-refractivity contribution is 8.16. The molecule has 2 N–H and O–H groups in total. The third-order valence-corrected chi connectivity index (χ3v) is 6.14. The van der Waals surface area contributed by atoms with Gasteiger partial charge in [0.2, 0.25) is 5.75 Å². The molecule has 0 amide bonds. The molecule has 1 rings (SSSR count). The van der Waals surface area contributed by atoms with Gasteiger partial charge in [0.25, 0.3) is 0 Å². The van der Waals surface area contributed by atoms with E-state index in [4.69, 9.17) is 9.05 Å². The van der Waals surface area contributed by atoms with Gasteiger partial charge in [0.1, 0.15) is 0 Å². The van der Waals surface area contributed by atoms with Crippen LogP contribution >= 0.6 is 6.72 Å². The number of hydrogen-bond acceptors (Lipinski definition) is 4. The third-order valence-electron chi connectivity index (χ3n) is 2.55. The van der Waals surface area contributed by atoms with E-state index in [2.05, 4.69) is 4.72 Å². The molecule has 1 aromatic rings. The van der Waals surface area contributed by atoms with Crippen molar-refractivity contribution in [2.45, 2.75) is 40.7 Å². The van der Waals surface area contributed by atoms with Crippen molar-refractivity contribution in [3.8, 4) is 5.75 Å². The van der Waals surface area contributed by atoms with Gasteiger partial charge in [-0.3, -0.25) is 14.8 Å². The molecule has 1 atom stereocenters. The highest BCUT2D eigenvalue weighted by atomic mass is 32.5. The molecule has 22 heavy (non-hydrogen) atoms. The van der Waals surface area contributed by atoms with Crippen LogP contribution in [0.5, 0.6) is 5.75 Å². The molecule has 0 bridgehead atoms. The van der Waals surface area contributed by atoms with Crippen molar-refractivity contribution in [1.82, 2.24) is 4.72 Å². The number of hydrogen-bond donors (Lipinski definition) is 3. The summed E-state index contributed by atoms with van der Waals surface area (Å²) in [6, 6.07) is 3.31. The molecular weight excluding hydrogens is 327 g/mol. The van der Waals surface area contributed by atoms with Crippen LogP contribution in [0.1, 0.15) is 31.9 Å². The Bertz CT molecular complexity index is 606. The van der Waals surface area contributed by atoms with Gasteiger partial charge in [0.15, 0.2) is 0 Å². The maximum atomic E-state index is 11.2. The van der Waals surface area contributed by atoms with E-state index < -0.39 is 11.6 Å². The van der Waals surface area contributed by atoms with Gasteiger partial charge in [-0.1, -0.05) is 17.2 Å². The summed E-state index contributed by atoms with van der Waals surface area (Å²) in [4.78, 5) is 21.3. The predicted octanol–water partition coefficient (Wildman–Crippen LogP) is 3.02. The summed E-state index contributed by atoms with van der Waals surface area (Å²) < 4.78 is 14.0. The standard InChI is InChI=1S/C13H23N2O5PS/c1-6-19-21(18,22-14-9(2)3)20-13-11(5)7-10(4)8-12(13)15(16)17/h7-9,14,18,22H,6H2,1-5H3. The van der Waals surface area contributed by atoms with Crippen LogP contribution in [-0.4, -0.2) is 22.5 Å². The van der Waals surface area contributed by atoms with E-state index in [1.165, 1.54) is 6.07 Å². The van der Waals surface area contributed by atoms with Gasteiger partial charge in [-0.2, -0.15) is 0 Å². The largest absolute Gasteiger partial charge is 0.420 e. The van der Waals surface area contributed by atoms with E-state index in [0.29, 0.717) is 16.7 Å². The van der Waals surface area contributed by atoms with E-state index in [9.17, 15) is 15.0 Å². The Kier molecular flexibility index (Phi) is 7.02. The van der Waals surface area contributed by atoms with Crippen LogP contribution in [-0.2, 0) is 15.6 Å². The molecule has 0 spiro atoms. The lowest BCUT2D eigenvalue weighted by Gasteiger charge is -2.21. The third kappa shape index (κ3) is 5.37. The topological polar surface area (TPSA) is 93.9 Å². The van der Waals surface area contributed by atoms with Gasteiger partial charge >= 0.3 is 12.4 Å². The normalized spacial score (nSPS) is 14.0. The summed E-state index contributed by atoms with van der Waals surface area (Å²) in [6.45, 7) is 6.00. The maximum Gasteiger partial charge on any atom is 0.346 e. The Morgan fingerprint density at radius 1 is 1.45 bits per heavy atom. The SMILES string of the molecule is CCOP(O)(Oc1c(C)cc(C)cc1[N+](=O)[O-])=[SH]NC(C)C. The molecule has 0 heterocycles. The van der Waals surface area contributed by atoms with Crippen molar-refractivity contribution in [3.05, 3.63) is 33.4 Å². The minimum absolute atomic E-state index is 0.0536. The number of nitro groups is 1. The monoisotopic (exact) mass is 350 g/mol. The zero-order chi connectivity index (χ0) is 16.9. The molecule has 0 fully saturated rings. The van der Waals surface area contributed by atoms with Gasteiger partial charge < -0.3 is 13.9 Å². The number of nitro benzene ring substituents is 1. The molecule has 126 valence electrons. The highest BCUT2D eigenvalue weighted by Crippen LogP contribution is 2.49. The Hall–Kier alpha value is -0.920. The molecule has 1 aromatic carbocycles. The van der Waals surface area contributed by atoms with Gasteiger partial charge in [0.05, 0.1) is 11.5 Å². The molecule has 0 aliphatic carbocycles. The number of benzene rings is 1. The Balaban J connectivity index is 3.30. The quantitative estimate of drug-likeness (QED) is 0.303. The van der Waals surface area contributed by atoms with Gasteiger partial charge in [0, 0.05) is 12.1 Å². The van der Waals surface area contributed by atoms with E-state index in [-0.39, 0.29) is 24.1 Å². The van der Waals surface area contributed by atoms with Crippen molar-refractivity contribution in [2.24, 2.45) is 0 Å². The van der Waals surface area contributed by atoms with Crippen molar-refractivity contribution in [3.63, 3.8) is 0 Å². The molecule has 0 radical (unpaired) electrons. The summed E-state index contributed by atoms with van der Waals surface area (Å²) in [6.07, 6.45) is 0. The average molecular weight is 350 g/mol. The zero-order valence-corrected chi connectivity index (χ0v) is 15.1. The molecule has 0 saturated carbocycles. The van der Waals surface area contributed by atoms with E-state index in [0.717, 1.165) is 5.56 Å². The number of nitrogens with one attached hydrogen (secondary N) is 1. The summed E-state index contributed by atoms with van der Waals surface area (Å²) in [7, 11) is 0.